The van der Waals surface area contributed by atoms with E-state index in [9.17, 15) is 10.1 Å². The lowest BCUT2D eigenvalue weighted by Gasteiger charge is -2.22. The number of nitrogens with zero attached hydrogens (tertiary/aromatic N) is 2. The lowest BCUT2D eigenvalue weighted by atomic mass is 9.95. The summed E-state index contributed by atoms with van der Waals surface area (Å²) in [6.45, 7) is 4.82. The molecule has 1 N–H and O–H groups in total. The van der Waals surface area contributed by atoms with Crippen molar-refractivity contribution in [2.45, 2.75) is 57.7 Å². The number of fused-ring (bicyclic) bond motifs is 2. The van der Waals surface area contributed by atoms with Crippen molar-refractivity contribution < 1.29 is 9.53 Å². The molecule has 26 heavy (non-hydrogen) atoms. The van der Waals surface area contributed by atoms with E-state index in [0.29, 0.717) is 28.9 Å². The second-order valence-corrected chi connectivity index (χ2v) is 8.47. The zero-order valence-corrected chi connectivity index (χ0v) is 17.3. The Hall–Kier alpha value is -1.45. The summed E-state index contributed by atoms with van der Waals surface area (Å²) in [5, 5.41) is 12.7. The highest BCUT2D eigenvalue weighted by molar-refractivity contribution is 9.10. The van der Waals surface area contributed by atoms with Crippen LogP contribution >= 0.6 is 27.5 Å². The van der Waals surface area contributed by atoms with Crippen molar-refractivity contribution in [2.24, 2.45) is 5.92 Å². The van der Waals surface area contributed by atoms with Gasteiger partial charge in [-0.2, -0.15) is 5.26 Å². The summed E-state index contributed by atoms with van der Waals surface area (Å²) in [6, 6.07) is 3.74. The highest BCUT2D eigenvalue weighted by Gasteiger charge is 2.46. The van der Waals surface area contributed by atoms with Gasteiger partial charge in [0.1, 0.15) is 5.75 Å². The quantitative estimate of drug-likeness (QED) is 0.668. The number of nitrogens with one attached hydrogen (secondary N) is 1. The molecule has 0 aliphatic carbocycles. The van der Waals surface area contributed by atoms with Gasteiger partial charge in [-0.1, -0.05) is 31.9 Å². The molecule has 2 saturated heterocycles. The third-order valence-electron chi connectivity index (χ3n) is 5.46. The minimum atomic E-state index is -0.216. The minimum Gasteiger partial charge on any atom is -0.492 e. The average molecular weight is 441 g/mol. The molecule has 1 aromatic rings. The second-order valence-electron chi connectivity index (χ2n) is 7.21. The molecule has 1 unspecified atom stereocenters. The van der Waals surface area contributed by atoms with E-state index in [4.69, 9.17) is 16.3 Å². The van der Waals surface area contributed by atoms with Gasteiger partial charge in [-0.3, -0.25) is 4.79 Å². The van der Waals surface area contributed by atoms with Gasteiger partial charge >= 0.3 is 0 Å². The number of nitriles is 1. The van der Waals surface area contributed by atoms with Crippen LogP contribution < -0.4 is 10.1 Å². The molecule has 2 bridgehead atoms. The van der Waals surface area contributed by atoms with Crippen LogP contribution in [0.3, 0.4) is 0 Å². The monoisotopic (exact) mass is 439 g/mol. The Labute approximate surface area is 167 Å². The van der Waals surface area contributed by atoms with E-state index in [-0.39, 0.29) is 24.0 Å². The summed E-state index contributed by atoms with van der Waals surface area (Å²) in [4.78, 5) is 14.6. The van der Waals surface area contributed by atoms with E-state index in [1.54, 1.807) is 12.1 Å². The first-order valence-corrected chi connectivity index (χ1v) is 10.2. The topological polar surface area (TPSA) is 65.4 Å². The predicted octanol–water partition coefficient (Wildman–Crippen LogP) is 4.34. The maximum absolute atomic E-state index is 12.8. The number of rotatable bonds is 6. The largest absolute Gasteiger partial charge is 0.492 e. The maximum atomic E-state index is 12.8. The van der Waals surface area contributed by atoms with Gasteiger partial charge < -0.3 is 15.0 Å². The number of hydrogen-bond acceptors (Lipinski definition) is 4. The van der Waals surface area contributed by atoms with Crippen molar-refractivity contribution in [3.8, 4) is 11.9 Å². The Morgan fingerprint density at radius 1 is 1.54 bits per heavy atom. The first-order valence-electron chi connectivity index (χ1n) is 9.05. The molecule has 2 fully saturated rings. The molecule has 7 heteroatoms. The summed E-state index contributed by atoms with van der Waals surface area (Å²) < 4.78 is 6.59. The van der Waals surface area contributed by atoms with Gasteiger partial charge in [0, 0.05) is 6.04 Å². The number of halogens is 2. The van der Waals surface area contributed by atoms with Gasteiger partial charge in [-0.05, 0) is 53.2 Å². The van der Waals surface area contributed by atoms with E-state index in [1.165, 1.54) is 0 Å². The molecule has 0 spiro atoms. The molecule has 4 atom stereocenters. The van der Waals surface area contributed by atoms with Crippen LogP contribution in [0.2, 0.25) is 5.02 Å². The van der Waals surface area contributed by atoms with E-state index in [1.807, 2.05) is 4.90 Å². The summed E-state index contributed by atoms with van der Waals surface area (Å²) in [5.41, 5.74) is 0.403. The molecule has 2 aliphatic heterocycles. The molecule has 2 heterocycles. The maximum Gasteiger partial charge on any atom is 0.253 e. The van der Waals surface area contributed by atoms with Gasteiger partial charge in [0.2, 0.25) is 0 Å². The molecule has 140 valence electrons. The van der Waals surface area contributed by atoms with E-state index in [0.717, 1.165) is 30.2 Å². The van der Waals surface area contributed by atoms with Crippen molar-refractivity contribution >= 4 is 33.4 Å². The van der Waals surface area contributed by atoms with Gasteiger partial charge in [-0.15, -0.1) is 0 Å². The first-order chi connectivity index (χ1) is 12.4. The fraction of sp³-hybridized carbons (Fsp3) is 0.579. The Kier molecular flexibility index (Phi) is 5.99. The summed E-state index contributed by atoms with van der Waals surface area (Å²) >= 11 is 9.75. The minimum absolute atomic E-state index is 0.00917. The normalized spacial score (nSPS) is 25.0. The third-order valence-corrected chi connectivity index (χ3v) is 6.39. The van der Waals surface area contributed by atoms with Crippen LogP contribution in [0.4, 0.5) is 0 Å². The lowest BCUT2D eigenvalue weighted by Crippen LogP contribution is -2.43. The van der Waals surface area contributed by atoms with Crippen molar-refractivity contribution in [2.75, 3.05) is 6.61 Å². The van der Waals surface area contributed by atoms with Crippen molar-refractivity contribution in [1.29, 1.82) is 5.26 Å². The Morgan fingerprint density at radius 3 is 2.96 bits per heavy atom. The number of benzene rings is 1. The molecule has 1 aromatic carbocycles. The standard InChI is InChI=1S/C19H23BrClN3O2/c1-3-11(2)9-26-18-7-13(15(21)8-14(18)20)19(25)23-16-6-12-4-5-17(16)24(12)10-22/h7-8,11-12,16-17H,3-6,9H2,1-2H3,(H,23,25)/t11?,12-,16+,17+/m0/s1. The summed E-state index contributed by atoms with van der Waals surface area (Å²) in [5.74, 6) is 0.832. The zero-order valence-electron chi connectivity index (χ0n) is 15.0. The molecular formula is C19H23BrClN3O2. The van der Waals surface area contributed by atoms with Crippen LogP contribution in [-0.2, 0) is 0 Å². The van der Waals surface area contributed by atoms with Crippen molar-refractivity contribution in [1.82, 2.24) is 10.2 Å². The molecule has 5 nitrogen and oxygen atoms in total. The molecule has 1 amide bonds. The molecule has 0 aromatic heterocycles. The molecular weight excluding hydrogens is 418 g/mol. The van der Waals surface area contributed by atoms with Gasteiger partial charge in [0.05, 0.1) is 33.7 Å². The van der Waals surface area contributed by atoms with Crippen LogP contribution in [0, 0.1) is 17.4 Å². The molecule has 2 aliphatic rings. The Bertz CT molecular complexity index is 736. The highest BCUT2D eigenvalue weighted by Crippen LogP contribution is 2.37. The number of ether oxygens (including phenoxy) is 1. The first kappa shape index (κ1) is 19.3. The zero-order chi connectivity index (χ0) is 18.8. The van der Waals surface area contributed by atoms with Crippen molar-refractivity contribution in [3.05, 3.63) is 27.2 Å². The van der Waals surface area contributed by atoms with E-state index in [2.05, 4.69) is 41.3 Å². The van der Waals surface area contributed by atoms with Crippen LogP contribution in [0.15, 0.2) is 16.6 Å². The van der Waals surface area contributed by atoms with Gasteiger partial charge in [0.15, 0.2) is 6.19 Å². The van der Waals surface area contributed by atoms with Gasteiger partial charge in [-0.25, -0.2) is 0 Å². The Balaban J connectivity index is 1.72. The SMILES string of the molecule is CCC(C)COc1cc(C(=O)N[C@@H]2C[C@@H]3CC[C@H]2N3C#N)c(Cl)cc1Br. The third kappa shape index (κ3) is 3.79. The van der Waals surface area contributed by atoms with Crippen LogP contribution in [0.1, 0.15) is 49.9 Å². The van der Waals surface area contributed by atoms with Crippen LogP contribution in [0.5, 0.6) is 5.75 Å². The van der Waals surface area contributed by atoms with E-state index < -0.39 is 0 Å². The number of amides is 1. The lowest BCUT2D eigenvalue weighted by molar-refractivity contribution is 0.0928. The molecule has 0 radical (unpaired) electrons. The predicted molar refractivity (Wildman–Crippen MR) is 104 cm³/mol. The van der Waals surface area contributed by atoms with Crippen LogP contribution in [0.25, 0.3) is 0 Å². The molecule has 0 saturated carbocycles. The van der Waals surface area contributed by atoms with E-state index >= 15 is 0 Å². The van der Waals surface area contributed by atoms with Crippen molar-refractivity contribution in [3.63, 3.8) is 0 Å². The van der Waals surface area contributed by atoms with Gasteiger partial charge in [0.25, 0.3) is 5.91 Å². The molecule has 3 rings (SSSR count). The number of carbonyl (C=O) groups excluding carboxylic acids is 1. The fourth-order valence-electron chi connectivity index (χ4n) is 3.71. The smallest absolute Gasteiger partial charge is 0.253 e. The van der Waals surface area contributed by atoms with Crippen LogP contribution in [-0.4, -0.2) is 35.5 Å². The number of carbonyl (C=O) groups is 1. The summed E-state index contributed by atoms with van der Waals surface area (Å²) in [6.07, 6.45) is 6.07. The fourth-order valence-corrected chi connectivity index (χ4v) is 4.55. The summed E-state index contributed by atoms with van der Waals surface area (Å²) in [7, 11) is 0. The highest BCUT2D eigenvalue weighted by atomic mass is 79.9. The number of hydrogen-bond donors (Lipinski definition) is 1. The Morgan fingerprint density at radius 2 is 2.31 bits per heavy atom. The average Bonchev–Trinajstić information content (AvgIpc) is 3.17. The second kappa shape index (κ2) is 8.06.